The summed E-state index contributed by atoms with van der Waals surface area (Å²) in [6.07, 6.45) is 3.19. The maximum absolute atomic E-state index is 8.46. The van der Waals surface area contributed by atoms with E-state index < -0.39 is 0 Å². The zero-order valence-corrected chi connectivity index (χ0v) is 6.21. The van der Waals surface area contributed by atoms with E-state index in [0.717, 1.165) is 5.03 Å². The predicted octanol–water partition coefficient (Wildman–Crippen LogP) is 0.561. The second kappa shape index (κ2) is 4.24. The number of nitrogens with zero attached hydrogens (tertiary/aromatic N) is 2. The summed E-state index contributed by atoms with van der Waals surface area (Å²) >= 11 is 1.52. The van der Waals surface area contributed by atoms with E-state index in [1.54, 1.807) is 6.20 Å². The van der Waals surface area contributed by atoms with Crippen LogP contribution in [0.1, 0.15) is 0 Å². The summed E-state index contributed by atoms with van der Waals surface area (Å²) in [6.45, 7) is 0.189. The zero-order chi connectivity index (χ0) is 7.23. The van der Waals surface area contributed by atoms with Crippen LogP contribution in [0.5, 0.6) is 0 Å². The van der Waals surface area contributed by atoms with Crippen LogP contribution in [-0.4, -0.2) is 27.4 Å². The van der Waals surface area contributed by atoms with Crippen LogP contribution in [0.25, 0.3) is 0 Å². The van der Waals surface area contributed by atoms with Crippen LogP contribution in [0.15, 0.2) is 23.6 Å². The molecule has 1 heterocycles. The Labute approximate surface area is 63.5 Å². The van der Waals surface area contributed by atoms with E-state index in [-0.39, 0.29) is 6.61 Å². The van der Waals surface area contributed by atoms with Gasteiger partial charge in [0.1, 0.15) is 6.33 Å². The van der Waals surface area contributed by atoms with Gasteiger partial charge in [0.2, 0.25) is 0 Å². The Hall–Kier alpha value is -0.610. The molecular weight excluding hydrogens is 148 g/mol. The first-order valence-electron chi connectivity index (χ1n) is 2.93. The molecule has 0 saturated carbocycles. The number of thioether (sulfide) groups is 1. The number of hydrogen-bond acceptors (Lipinski definition) is 4. The van der Waals surface area contributed by atoms with Gasteiger partial charge < -0.3 is 5.11 Å². The Morgan fingerprint density at radius 3 is 3.10 bits per heavy atom. The van der Waals surface area contributed by atoms with Crippen LogP contribution in [0, 0.1) is 0 Å². The minimum atomic E-state index is 0.189. The van der Waals surface area contributed by atoms with Crippen molar-refractivity contribution in [3.05, 3.63) is 18.6 Å². The molecule has 0 aliphatic rings. The Morgan fingerprint density at radius 2 is 2.50 bits per heavy atom. The average molecular weight is 156 g/mol. The molecule has 0 aliphatic carbocycles. The smallest absolute Gasteiger partial charge is 0.116 e. The number of hydrogen-bond donors (Lipinski definition) is 1. The van der Waals surface area contributed by atoms with Gasteiger partial charge in [-0.05, 0) is 6.07 Å². The lowest BCUT2D eigenvalue weighted by Crippen LogP contribution is -1.87. The summed E-state index contributed by atoms with van der Waals surface area (Å²) in [4.78, 5) is 7.72. The molecule has 10 heavy (non-hydrogen) atoms. The topological polar surface area (TPSA) is 46.0 Å². The highest BCUT2D eigenvalue weighted by Gasteiger charge is 1.90. The fraction of sp³-hybridized carbons (Fsp3) is 0.333. The van der Waals surface area contributed by atoms with Gasteiger partial charge in [-0.15, -0.1) is 11.8 Å². The van der Waals surface area contributed by atoms with Crippen LogP contribution >= 0.6 is 11.8 Å². The summed E-state index contributed by atoms with van der Waals surface area (Å²) < 4.78 is 0. The fourth-order valence-electron chi connectivity index (χ4n) is 0.514. The molecule has 1 aromatic rings. The SMILES string of the molecule is OCCSc1ccncn1. The molecule has 1 rings (SSSR count). The number of aliphatic hydroxyl groups excluding tert-OH is 1. The Bertz CT molecular complexity index is 180. The van der Waals surface area contributed by atoms with Crippen molar-refractivity contribution in [2.45, 2.75) is 5.03 Å². The van der Waals surface area contributed by atoms with E-state index >= 15 is 0 Å². The van der Waals surface area contributed by atoms with E-state index in [2.05, 4.69) is 9.97 Å². The van der Waals surface area contributed by atoms with Crippen molar-refractivity contribution < 1.29 is 5.11 Å². The van der Waals surface area contributed by atoms with Gasteiger partial charge in [0.05, 0.1) is 11.6 Å². The second-order valence-electron chi connectivity index (χ2n) is 1.62. The molecule has 1 N–H and O–H groups in total. The van der Waals surface area contributed by atoms with Gasteiger partial charge in [-0.3, -0.25) is 0 Å². The van der Waals surface area contributed by atoms with Gasteiger partial charge >= 0.3 is 0 Å². The largest absolute Gasteiger partial charge is 0.396 e. The first-order chi connectivity index (χ1) is 4.93. The van der Waals surface area contributed by atoms with Crippen LogP contribution in [0.4, 0.5) is 0 Å². The first kappa shape index (κ1) is 7.50. The quantitative estimate of drug-likeness (QED) is 0.513. The molecule has 54 valence electrons. The van der Waals surface area contributed by atoms with Crippen LogP contribution in [0.2, 0.25) is 0 Å². The lowest BCUT2D eigenvalue weighted by Gasteiger charge is -1.94. The van der Waals surface area contributed by atoms with Crippen molar-refractivity contribution in [1.82, 2.24) is 9.97 Å². The van der Waals surface area contributed by atoms with Gasteiger partial charge in [0.15, 0.2) is 0 Å². The lowest BCUT2D eigenvalue weighted by atomic mass is 10.7. The third-order valence-electron chi connectivity index (χ3n) is 0.896. The molecule has 0 spiro atoms. The molecule has 0 unspecified atom stereocenters. The van der Waals surface area contributed by atoms with Crippen molar-refractivity contribution in [3.8, 4) is 0 Å². The Morgan fingerprint density at radius 1 is 1.60 bits per heavy atom. The van der Waals surface area contributed by atoms with Gasteiger partial charge in [-0.2, -0.15) is 0 Å². The lowest BCUT2D eigenvalue weighted by molar-refractivity contribution is 0.322. The number of rotatable bonds is 3. The molecule has 0 fully saturated rings. The van der Waals surface area contributed by atoms with Crippen molar-refractivity contribution in [2.24, 2.45) is 0 Å². The fourth-order valence-corrected chi connectivity index (χ4v) is 1.09. The standard InChI is InChI=1S/C6H8N2OS/c9-3-4-10-6-1-2-7-5-8-6/h1-2,5,9H,3-4H2. The monoisotopic (exact) mass is 156 g/mol. The highest BCUT2D eigenvalue weighted by Crippen LogP contribution is 2.11. The van der Waals surface area contributed by atoms with Crippen LogP contribution in [0.3, 0.4) is 0 Å². The Balaban J connectivity index is 2.43. The highest BCUT2D eigenvalue weighted by molar-refractivity contribution is 7.99. The summed E-state index contributed by atoms with van der Waals surface area (Å²) in [5.41, 5.74) is 0. The maximum Gasteiger partial charge on any atom is 0.116 e. The van der Waals surface area contributed by atoms with Gasteiger partial charge in [0, 0.05) is 11.9 Å². The summed E-state index contributed by atoms with van der Waals surface area (Å²) in [6, 6.07) is 1.82. The number of aromatic nitrogens is 2. The molecular formula is C6H8N2OS. The van der Waals surface area contributed by atoms with E-state index in [1.165, 1.54) is 18.1 Å². The normalized spacial score (nSPS) is 9.70. The van der Waals surface area contributed by atoms with Crippen molar-refractivity contribution in [1.29, 1.82) is 0 Å². The minimum Gasteiger partial charge on any atom is -0.396 e. The molecule has 0 aromatic carbocycles. The molecule has 1 aromatic heterocycles. The highest BCUT2D eigenvalue weighted by atomic mass is 32.2. The summed E-state index contributed by atoms with van der Waals surface area (Å²) in [5.74, 6) is 0.691. The first-order valence-corrected chi connectivity index (χ1v) is 3.91. The van der Waals surface area contributed by atoms with Crippen molar-refractivity contribution >= 4 is 11.8 Å². The Kier molecular flexibility index (Phi) is 3.18. The van der Waals surface area contributed by atoms with Gasteiger partial charge in [-0.1, -0.05) is 0 Å². The number of aliphatic hydroxyl groups is 1. The molecule has 0 atom stereocenters. The summed E-state index contributed by atoms with van der Waals surface area (Å²) in [5, 5.41) is 9.37. The van der Waals surface area contributed by atoms with E-state index in [1.807, 2.05) is 6.07 Å². The van der Waals surface area contributed by atoms with Crippen molar-refractivity contribution in [2.75, 3.05) is 12.4 Å². The molecule has 0 bridgehead atoms. The zero-order valence-electron chi connectivity index (χ0n) is 5.40. The molecule has 3 nitrogen and oxygen atoms in total. The van der Waals surface area contributed by atoms with E-state index in [0.29, 0.717) is 5.75 Å². The van der Waals surface area contributed by atoms with Crippen LogP contribution < -0.4 is 0 Å². The third-order valence-corrected chi connectivity index (χ3v) is 1.82. The molecule has 0 aliphatic heterocycles. The van der Waals surface area contributed by atoms with Crippen molar-refractivity contribution in [3.63, 3.8) is 0 Å². The van der Waals surface area contributed by atoms with Crippen LogP contribution in [-0.2, 0) is 0 Å². The molecule has 0 saturated heterocycles. The van der Waals surface area contributed by atoms with Gasteiger partial charge in [-0.25, -0.2) is 9.97 Å². The van der Waals surface area contributed by atoms with E-state index in [9.17, 15) is 0 Å². The molecule has 0 radical (unpaired) electrons. The second-order valence-corrected chi connectivity index (χ2v) is 2.73. The van der Waals surface area contributed by atoms with E-state index in [4.69, 9.17) is 5.11 Å². The van der Waals surface area contributed by atoms with Gasteiger partial charge in [0.25, 0.3) is 0 Å². The third kappa shape index (κ3) is 2.33. The average Bonchev–Trinajstić information content (AvgIpc) is 2.03. The molecule has 4 heteroatoms. The minimum absolute atomic E-state index is 0.189. The predicted molar refractivity (Wildman–Crippen MR) is 39.8 cm³/mol. The maximum atomic E-state index is 8.46. The molecule has 0 amide bonds. The summed E-state index contributed by atoms with van der Waals surface area (Å²) in [7, 11) is 0.